The first-order chi connectivity index (χ1) is 7.38. The standard InChI is InChI=1S/C11H10N2O2/c14-7-6-13-9-11(8-12-13)15-10-4-2-1-3-5-10/h1-5,7-9H,6H2. The Labute approximate surface area is 87.1 Å². The van der Waals surface area contributed by atoms with Gasteiger partial charge in [0, 0.05) is 0 Å². The molecule has 0 aliphatic carbocycles. The fourth-order valence-corrected chi connectivity index (χ4v) is 1.20. The highest BCUT2D eigenvalue weighted by molar-refractivity contribution is 5.49. The minimum absolute atomic E-state index is 0.248. The summed E-state index contributed by atoms with van der Waals surface area (Å²) >= 11 is 0. The summed E-state index contributed by atoms with van der Waals surface area (Å²) in [4.78, 5) is 10.2. The number of aromatic nitrogens is 2. The molecule has 1 aromatic carbocycles. The van der Waals surface area contributed by atoms with Gasteiger partial charge < -0.3 is 9.53 Å². The summed E-state index contributed by atoms with van der Waals surface area (Å²) in [5, 5.41) is 3.96. The van der Waals surface area contributed by atoms with Gasteiger partial charge in [0.1, 0.15) is 12.0 Å². The van der Waals surface area contributed by atoms with Crippen molar-refractivity contribution in [2.24, 2.45) is 0 Å². The predicted molar refractivity (Wildman–Crippen MR) is 54.8 cm³/mol. The van der Waals surface area contributed by atoms with Crippen LogP contribution in [0.1, 0.15) is 0 Å². The lowest BCUT2D eigenvalue weighted by Crippen LogP contribution is -1.97. The maximum atomic E-state index is 10.2. The lowest BCUT2D eigenvalue weighted by molar-refractivity contribution is -0.108. The maximum absolute atomic E-state index is 10.2. The summed E-state index contributed by atoms with van der Waals surface area (Å²) in [5.74, 6) is 1.38. The fraction of sp³-hybridized carbons (Fsp3) is 0.0909. The predicted octanol–water partition coefficient (Wildman–Crippen LogP) is 1.87. The number of hydrogen-bond donors (Lipinski definition) is 0. The molecule has 76 valence electrons. The van der Waals surface area contributed by atoms with Gasteiger partial charge in [-0.2, -0.15) is 5.10 Å². The maximum Gasteiger partial charge on any atom is 0.165 e. The van der Waals surface area contributed by atoms with Crippen LogP contribution in [0.4, 0.5) is 0 Å². The molecule has 0 bridgehead atoms. The van der Waals surface area contributed by atoms with Crippen LogP contribution in [0.3, 0.4) is 0 Å². The van der Waals surface area contributed by atoms with Crippen molar-refractivity contribution in [1.29, 1.82) is 0 Å². The molecule has 0 radical (unpaired) electrons. The molecule has 0 saturated carbocycles. The molecule has 1 aromatic heterocycles. The van der Waals surface area contributed by atoms with E-state index in [-0.39, 0.29) is 6.54 Å². The first-order valence-electron chi connectivity index (χ1n) is 4.57. The largest absolute Gasteiger partial charge is 0.454 e. The van der Waals surface area contributed by atoms with Crippen molar-refractivity contribution in [3.8, 4) is 11.5 Å². The SMILES string of the molecule is O=CCn1cc(Oc2ccccc2)cn1. The number of rotatable bonds is 4. The molecule has 0 unspecified atom stereocenters. The van der Waals surface area contributed by atoms with E-state index >= 15 is 0 Å². The number of carbonyl (C=O) groups is 1. The number of ether oxygens (including phenoxy) is 1. The minimum atomic E-state index is 0.248. The lowest BCUT2D eigenvalue weighted by Gasteiger charge is -2.00. The molecule has 0 atom stereocenters. The van der Waals surface area contributed by atoms with Crippen LogP contribution in [-0.2, 0) is 11.3 Å². The van der Waals surface area contributed by atoms with E-state index < -0.39 is 0 Å². The molecule has 0 fully saturated rings. The summed E-state index contributed by atoms with van der Waals surface area (Å²) in [5.41, 5.74) is 0. The van der Waals surface area contributed by atoms with Crippen molar-refractivity contribution in [3.63, 3.8) is 0 Å². The van der Waals surface area contributed by atoms with Crippen LogP contribution in [0.5, 0.6) is 11.5 Å². The highest BCUT2D eigenvalue weighted by Gasteiger charge is 1.99. The van der Waals surface area contributed by atoms with Gasteiger partial charge >= 0.3 is 0 Å². The topological polar surface area (TPSA) is 44.1 Å². The molecule has 15 heavy (non-hydrogen) atoms. The van der Waals surface area contributed by atoms with Gasteiger partial charge in [-0.1, -0.05) is 18.2 Å². The van der Waals surface area contributed by atoms with Crippen LogP contribution in [0.2, 0.25) is 0 Å². The van der Waals surface area contributed by atoms with Crippen LogP contribution >= 0.6 is 0 Å². The van der Waals surface area contributed by atoms with Gasteiger partial charge in [0.15, 0.2) is 5.75 Å². The number of nitrogens with zero attached hydrogens (tertiary/aromatic N) is 2. The summed E-state index contributed by atoms with van der Waals surface area (Å²) in [6, 6.07) is 9.42. The van der Waals surface area contributed by atoms with E-state index in [2.05, 4.69) is 5.10 Å². The van der Waals surface area contributed by atoms with Gasteiger partial charge in [-0.15, -0.1) is 0 Å². The Morgan fingerprint density at radius 1 is 1.27 bits per heavy atom. The third-order valence-corrected chi connectivity index (χ3v) is 1.85. The Morgan fingerprint density at radius 3 is 2.80 bits per heavy atom. The highest BCUT2D eigenvalue weighted by atomic mass is 16.5. The highest BCUT2D eigenvalue weighted by Crippen LogP contribution is 2.19. The number of carbonyl (C=O) groups excluding carboxylic acids is 1. The van der Waals surface area contributed by atoms with E-state index in [1.54, 1.807) is 12.4 Å². The Kier molecular flexibility index (Phi) is 2.78. The molecule has 0 aliphatic heterocycles. The lowest BCUT2D eigenvalue weighted by atomic mass is 10.3. The van der Waals surface area contributed by atoms with E-state index in [0.717, 1.165) is 12.0 Å². The van der Waals surface area contributed by atoms with Crippen LogP contribution in [0.25, 0.3) is 0 Å². The molecule has 0 spiro atoms. The molecule has 0 amide bonds. The van der Waals surface area contributed by atoms with E-state index in [1.165, 1.54) is 4.68 Å². The number of para-hydroxylation sites is 1. The second-order valence-corrected chi connectivity index (χ2v) is 2.98. The normalized spacial score (nSPS) is 9.87. The Hall–Kier alpha value is -2.10. The molecular formula is C11H10N2O2. The van der Waals surface area contributed by atoms with Gasteiger partial charge in [0.05, 0.1) is 18.9 Å². The van der Waals surface area contributed by atoms with Crippen LogP contribution in [0.15, 0.2) is 42.7 Å². The van der Waals surface area contributed by atoms with Gasteiger partial charge in [0.25, 0.3) is 0 Å². The summed E-state index contributed by atoms with van der Waals surface area (Å²) < 4.78 is 7.03. The van der Waals surface area contributed by atoms with Crippen molar-refractivity contribution < 1.29 is 9.53 Å². The van der Waals surface area contributed by atoms with Crippen molar-refractivity contribution >= 4 is 6.29 Å². The van der Waals surface area contributed by atoms with E-state index in [4.69, 9.17) is 4.74 Å². The van der Waals surface area contributed by atoms with E-state index in [9.17, 15) is 4.79 Å². The molecule has 4 heteroatoms. The fourth-order valence-electron chi connectivity index (χ4n) is 1.20. The van der Waals surface area contributed by atoms with Crippen LogP contribution in [-0.4, -0.2) is 16.1 Å². The van der Waals surface area contributed by atoms with Gasteiger partial charge in [-0.3, -0.25) is 4.68 Å². The zero-order valence-electron chi connectivity index (χ0n) is 8.04. The molecule has 2 rings (SSSR count). The number of hydrogen-bond acceptors (Lipinski definition) is 3. The molecule has 1 heterocycles. The molecule has 0 aliphatic rings. The van der Waals surface area contributed by atoms with E-state index in [0.29, 0.717) is 5.75 Å². The zero-order chi connectivity index (χ0) is 10.5. The minimum Gasteiger partial charge on any atom is -0.454 e. The monoisotopic (exact) mass is 202 g/mol. The Bertz CT molecular complexity index is 437. The third-order valence-electron chi connectivity index (χ3n) is 1.85. The number of benzene rings is 1. The molecular weight excluding hydrogens is 192 g/mol. The van der Waals surface area contributed by atoms with Crippen molar-refractivity contribution in [2.45, 2.75) is 6.54 Å². The average molecular weight is 202 g/mol. The summed E-state index contributed by atoms with van der Waals surface area (Å²) in [6.07, 6.45) is 4.05. The van der Waals surface area contributed by atoms with Gasteiger partial charge in [-0.25, -0.2) is 0 Å². The Morgan fingerprint density at radius 2 is 2.07 bits per heavy atom. The summed E-state index contributed by atoms with van der Waals surface area (Å²) in [6.45, 7) is 0.248. The van der Waals surface area contributed by atoms with Crippen LogP contribution < -0.4 is 4.74 Å². The van der Waals surface area contributed by atoms with Crippen molar-refractivity contribution in [3.05, 3.63) is 42.7 Å². The van der Waals surface area contributed by atoms with E-state index in [1.807, 2.05) is 30.3 Å². The quantitative estimate of drug-likeness (QED) is 0.711. The second kappa shape index (κ2) is 4.41. The van der Waals surface area contributed by atoms with Crippen LogP contribution in [0, 0.1) is 0 Å². The van der Waals surface area contributed by atoms with Gasteiger partial charge in [-0.05, 0) is 12.1 Å². The first-order valence-corrected chi connectivity index (χ1v) is 4.57. The first kappa shape index (κ1) is 9.45. The zero-order valence-corrected chi connectivity index (χ0v) is 8.04. The molecule has 2 aromatic rings. The average Bonchev–Trinajstić information content (AvgIpc) is 2.68. The van der Waals surface area contributed by atoms with Crippen molar-refractivity contribution in [2.75, 3.05) is 0 Å². The van der Waals surface area contributed by atoms with Gasteiger partial charge in [0.2, 0.25) is 0 Å². The smallest absolute Gasteiger partial charge is 0.165 e. The summed E-state index contributed by atoms with van der Waals surface area (Å²) in [7, 11) is 0. The molecule has 0 N–H and O–H groups in total. The van der Waals surface area contributed by atoms with Crippen molar-refractivity contribution in [1.82, 2.24) is 9.78 Å². The molecule has 4 nitrogen and oxygen atoms in total. The Balaban J connectivity index is 2.08. The third kappa shape index (κ3) is 2.43. The number of aldehydes is 1. The molecule has 0 saturated heterocycles. The second-order valence-electron chi connectivity index (χ2n) is 2.98.